The smallest absolute Gasteiger partial charge is 0.230 e. The molecule has 2 heterocycles. The summed E-state index contributed by atoms with van der Waals surface area (Å²) < 4.78 is 0. The molecule has 2 saturated heterocycles. The van der Waals surface area contributed by atoms with Crippen LogP contribution < -0.4 is 5.73 Å². The van der Waals surface area contributed by atoms with Gasteiger partial charge in [0, 0.05) is 32.2 Å². The largest absolute Gasteiger partial charge is 0.341 e. The van der Waals surface area contributed by atoms with Crippen LogP contribution in [0.15, 0.2) is 0 Å². The fourth-order valence-corrected chi connectivity index (χ4v) is 4.46. The van der Waals surface area contributed by atoms with Gasteiger partial charge in [-0.2, -0.15) is 0 Å². The molecular formula is C16H29N3O. The van der Waals surface area contributed by atoms with E-state index in [9.17, 15) is 4.79 Å². The standard InChI is InChI=1S/C16H29N3O/c17-13-16(7-2-1-3-8-16)15(20)19-11-5-10-18-9-4-6-14(18)12-19/h14H,1-13,17H2. The summed E-state index contributed by atoms with van der Waals surface area (Å²) in [7, 11) is 0. The molecule has 0 aromatic carbocycles. The molecule has 3 fully saturated rings. The Bertz CT molecular complexity index is 352. The summed E-state index contributed by atoms with van der Waals surface area (Å²) in [6.45, 7) is 4.82. The van der Waals surface area contributed by atoms with Crippen molar-refractivity contribution < 1.29 is 4.79 Å². The van der Waals surface area contributed by atoms with Gasteiger partial charge in [0.15, 0.2) is 0 Å². The molecule has 2 N–H and O–H groups in total. The molecular weight excluding hydrogens is 250 g/mol. The molecule has 2 aliphatic heterocycles. The number of hydrogen-bond donors (Lipinski definition) is 1. The molecule has 20 heavy (non-hydrogen) atoms. The minimum atomic E-state index is -0.230. The molecule has 3 rings (SSSR count). The van der Waals surface area contributed by atoms with Crippen molar-refractivity contribution in [2.45, 2.75) is 57.4 Å². The van der Waals surface area contributed by atoms with E-state index in [2.05, 4.69) is 9.80 Å². The van der Waals surface area contributed by atoms with Gasteiger partial charge >= 0.3 is 0 Å². The normalized spacial score (nSPS) is 30.9. The van der Waals surface area contributed by atoms with Gasteiger partial charge in [0.2, 0.25) is 5.91 Å². The van der Waals surface area contributed by atoms with Gasteiger partial charge in [0.05, 0.1) is 5.41 Å². The van der Waals surface area contributed by atoms with Gasteiger partial charge in [-0.15, -0.1) is 0 Å². The van der Waals surface area contributed by atoms with E-state index in [-0.39, 0.29) is 5.41 Å². The number of fused-ring (bicyclic) bond motifs is 1. The second-order valence-corrected chi connectivity index (χ2v) is 6.98. The maximum absolute atomic E-state index is 13.1. The van der Waals surface area contributed by atoms with E-state index < -0.39 is 0 Å². The Kier molecular flexibility index (Phi) is 4.32. The van der Waals surface area contributed by atoms with Crippen LogP contribution in [0.4, 0.5) is 0 Å². The third-order valence-electron chi connectivity index (χ3n) is 5.75. The molecule has 0 aromatic heterocycles. The minimum absolute atomic E-state index is 0.230. The first-order chi connectivity index (χ1) is 9.75. The highest BCUT2D eigenvalue weighted by Gasteiger charge is 2.42. The number of nitrogens with two attached hydrogens (primary N) is 1. The predicted molar refractivity (Wildman–Crippen MR) is 80.4 cm³/mol. The Balaban J connectivity index is 1.71. The van der Waals surface area contributed by atoms with E-state index >= 15 is 0 Å². The Morgan fingerprint density at radius 3 is 2.55 bits per heavy atom. The topological polar surface area (TPSA) is 49.6 Å². The maximum atomic E-state index is 13.1. The summed E-state index contributed by atoms with van der Waals surface area (Å²) in [5.74, 6) is 0.369. The zero-order valence-corrected chi connectivity index (χ0v) is 12.6. The van der Waals surface area contributed by atoms with Gasteiger partial charge in [-0.05, 0) is 38.6 Å². The van der Waals surface area contributed by atoms with Gasteiger partial charge in [-0.25, -0.2) is 0 Å². The third kappa shape index (κ3) is 2.60. The molecule has 1 unspecified atom stereocenters. The van der Waals surface area contributed by atoms with Crippen LogP contribution in [0.2, 0.25) is 0 Å². The van der Waals surface area contributed by atoms with Crippen LogP contribution in [0.25, 0.3) is 0 Å². The first-order valence-electron chi connectivity index (χ1n) is 8.49. The Hall–Kier alpha value is -0.610. The zero-order chi connectivity index (χ0) is 14.0. The predicted octanol–water partition coefficient (Wildman–Crippen LogP) is 1.59. The van der Waals surface area contributed by atoms with Crippen LogP contribution >= 0.6 is 0 Å². The van der Waals surface area contributed by atoms with Crippen molar-refractivity contribution in [1.82, 2.24) is 9.80 Å². The number of amides is 1. The Labute approximate surface area is 122 Å². The highest BCUT2D eigenvalue weighted by molar-refractivity contribution is 5.83. The van der Waals surface area contributed by atoms with Crippen LogP contribution in [0.3, 0.4) is 0 Å². The summed E-state index contributed by atoms with van der Waals surface area (Å²) in [6, 6.07) is 0.611. The van der Waals surface area contributed by atoms with Crippen molar-refractivity contribution in [3.63, 3.8) is 0 Å². The van der Waals surface area contributed by atoms with E-state index in [1.54, 1.807) is 0 Å². The van der Waals surface area contributed by atoms with Crippen LogP contribution in [-0.4, -0.2) is 54.5 Å². The fourth-order valence-electron chi connectivity index (χ4n) is 4.46. The average Bonchev–Trinajstić information content (AvgIpc) is 2.84. The molecule has 4 nitrogen and oxygen atoms in total. The second kappa shape index (κ2) is 6.02. The Morgan fingerprint density at radius 1 is 1.05 bits per heavy atom. The highest BCUT2D eigenvalue weighted by atomic mass is 16.2. The van der Waals surface area contributed by atoms with Crippen LogP contribution in [0.5, 0.6) is 0 Å². The van der Waals surface area contributed by atoms with E-state index in [0.717, 1.165) is 32.4 Å². The van der Waals surface area contributed by atoms with Crippen molar-refractivity contribution in [2.24, 2.45) is 11.1 Å². The molecule has 3 aliphatic rings. The lowest BCUT2D eigenvalue weighted by molar-refractivity contribution is -0.143. The molecule has 4 heteroatoms. The van der Waals surface area contributed by atoms with Crippen LogP contribution in [0.1, 0.15) is 51.4 Å². The lowest BCUT2D eigenvalue weighted by Crippen LogP contribution is -2.51. The number of carbonyl (C=O) groups is 1. The van der Waals surface area contributed by atoms with E-state index in [1.807, 2.05) is 0 Å². The van der Waals surface area contributed by atoms with Crippen molar-refractivity contribution in [1.29, 1.82) is 0 Å². The lowest BCUT2D eigenvalue weighted by atomic mass is 9.73. The van der Waals surface area contributed by atoms with E-state index in [0.29, 0.717) is 18.5 Å². The summed E-state index contributed by atoms with van der Waals surface area (Å²) >= 11 is 0. The van der Waals surface area contributed by atoms with Crippen LogP contribution in [0, 0.1) is 5.41 Å². The van der Waals surface area contributed by atoms with Gasteiger partial charge in [-0.1, -0.05) is 19.3 Å². The van der Waals surface area contributed by atoms with Crippen molar-refractivity contribution >= 4 is 5.91 Å². The molecule has 1 amide bonds. The summed E-state index contributed by atoms with van der Waals surface area (Å²) in [6.07, 6.45) is 9.32. The molecule has 114 valence electrons. The average molecular weight is 279 g/mol. The number of nitrogens with zero attached hydrogens (tertiary/aromatic N) is 2. The highest BCUT2D eigenvalue weighted by Crippen LogP contribution is 2.37. The number of carbonyl (C=O) groups excluding carboxylic acids is 1. The monoisotopic (exact) mass is 279 g/mol. The second-order valence-electron chi connectivity index (χ2n) is 6.98. The molecule has 0 aromatic rings. The quantitative estimate of drug-likeness (QED) is 0.835. The summed E-state index contributed by atoms with van der Waals surface area (Å²) in [5, 5.41) is 0. The molecule has 0 radical (unpaired) electrons. The summed E-state index contributed by atoms with van der Waals surface area (Å²) in [4.78, 5) is 17.8. The maximum Gasteiger partial charge on any atom is 0.230 e. The first-order valence-corrected chi connectivity index (χ1v) is 8.49. The van der Waals surface area contributed by atoms with E-state index in [1.165, 1.54) is 45.2 Å². The first kappa shape index (κ1) is 14.3. The third-order valence-corrected chi connectivity index (χ3v) is 5.75. The van der Waals surface area contributed by atoms with Crippen molar-refractivity contribution in [3.8, 4) is 0 Å². The van der Waals surface area contributed by atoms with Gasteiger partial charge in [-0.3, -0.25) is 9.69 Å². The minimum Gasteiger partial charge on any atom is -0.341 e. The van der Waals surface area contributed by atoms with Gasteiger partial charge in [0.1, 0.15) is 0 Å². The van der Waals surface area contributed by atoms with E-state index in [4.69, 9.17) is 5.73 Å². The molecule has 0 bridgehead atoms. The molecule has 0 spiro atoms. The molecule has 1 saturated carbocycles. The molecule has 1 atom stereocenters. The summed E-state index contributed by atoms with van der Waals surface area (Å²) in [5.41, 5.74) is 5.80. The SMILES string of the molecule is NCC1(C(=O)N2CCCN3CCCC3C2)CCCCC1. The fraction of sp³-hybridized carbons (Fsp3) is 0.938. The van der Waals surface area contributed by atoms with Gasteiger partial charge < -0.3 is 10.6 Å². The van der Waals surface area contributed by atoms with Crippen LogP contribution in [-0.2, 0) is 4.79 Å². The zero-order valence-electron chi connectivity index (χ0n) is 12.6. The van der Waals surface area contributed by atoms with Crippen molar-refractivity contribution in [3.05, 3.63) is 0 Å². The lowest BCUT2D eigenvalue weighted by Gasteiger charge is -2.39. The number of rotatable bonds is 2. The Morgan fingerprint density at radius 2 is 1.80 bits per heavy atom. The van der Waals surface area contributed by atoms with Crippen molar-refractivity contribution in [2.75, 3.05) is 32.7 Å². The molecule has 1 aliphatic carbocycles. The number of hydrogen-bond acceptors (Lipinski definition) is 3. The van der Waals surface area contributed by atoms with Gasteiger partial charge in [0.25, 0.3) is 0 Å².